The lowest BCUT2D eigenvalue weighted by molar-refractivity contribution is -0.136. The summed E-state index contributed by atoms with van der Waals surface area (Å²) in [7, 11) is -3.89. The first kappa shape index (κ1) is 23.4. The van der Waals surface area contributed by atoms with Gasteiger partial charge in [-0.2, -0.15) is 4.31 Å². The Kier molecular flexibility index (Phi) is 5.80. The molecule has 2 fully saturated rings. The Labute approximate surface area is 200 Å². The summed E-state index contributed by atoms with van der Waals surface area (Å²) in [6.45, 7) is 0.732. The molecule has 1 atom stereocenters. The number of hydrogen-bond donors (Lipinski definition) is 1. The third-order valence-corrected chi connectivity index (χ3v) is 8.51. The van der Waals surface area contributed by atoms with Gasteiger partial charge in [-0.15, -0.1) is 0 Å². The second-order valence-corrected chi connectivity index (χ2v) is 10.6. The number of fused-ring (bicyclic) bond motifs is 1. The zero-order chi connectivity index (χ0) is 24.9. The number of halogens is 2. The minimum absolute atomic E-state index is 0.0812. The molecule has 0 spiro atoms. The Morgan fingerprint density at radius 1 is 0.943 bits per heavy atom. The minimum Gasteiger partial charge on any atom is -0.369 e. The number of piperazine rings is 1. The van der Waals surface area contributed by atoms with E-state index in [9.17, 15) is 31.6 Å². The summed E-state index contributed by atoms with van der Waals surface area (Å²) in [5, 5.41) is 2.24. The van der Waals surface area contributed by atoms with E-state index in [0.717, 1.165) is 12.1 Å². The smallest absolute Gasteiger partial charge is 0.255 e. The lowest BCUT2D eigenvalue weighted by atomic mass is 10.0. The van der Waals surface area contributed by atoms with E-state index in [0.29, 0.717) is 11.3 Å². The number of nitrogens with one attached hydrogen (secondary N) is 1. The van der Waals surface area contributed by atoms with Crippen molar-refractivity contribution in [1.82, 2.24) is 14.5 Å². The predicted octanol–water partition coefficient (Wildman–Crippen LogP) is 1.24. The van der Waals surface area contributed by atoms with Crippen molar-refractivity contribution in [3.63, 3.8) is 0 Å². The van der Waals surface area contributed by atoms with E-state index < -0.39 is 45.4 Å². The largest absolute Gasteiger partial charge is 0.369 e. The number of sulfonamides is 1. The van der Waals surface area contributed by atoms with Gasteiger partial charge in [-0.05, 0) is 36.8 Å². The quantitative estimate of drug-likeness (QED) is 0.628. The maximum Gasteiger partial charge on any atom is 0.255 e. The number of anilines is 1. The van der Waals surface area contributed by atoms with Crippen LogP contribution in [0.25, 0.3) is 0 Å². The normalized spacial score (nSPS) is 21.3. The average Bonchev–Trinajstić information content (AvgIpc) is 3.14. The number of carbonyl (C=O) groups excluding carboxylic acids is 3. The van der Waals surface area contributed by atoms with E-state index in [1.54, 1.807) is 4.90 Å². The molecule has 0 bridgehead atoms. The van der Waals surface area contributed by atoms with Gasteiger partial charge in [-0.1, -0.05) is 6.07 Å². The number of carbonyl (C=O) groups is 3. The van der Waals surface area contributed by atoms with Crippen molar-refractivity contribution < 1.29 is 31.6 Å². The summed E-state index contributed by atoms with van der Waals surface area (Å²) in [6.07, 6.45) is 0.304. The van der Waals surface area contributed by atoms with Crippen LogP contribution in [0.15, 0.2) is 41.3 Å². The molecule has 35 heavy (non-hydrogen) atoms. The summed E-state index contributed by atoms with van der Waals surface area (Å²) in [4.78, 5) is 39.9. The molecule has 2 aromatic carbocycles. The van der Waals surface area contributed by atoms with E-state index >= 15 is 0 Å². The highest BCUT2D eigenvalue weighted by molar-refractivity contribution is 7.89. The lowest BCUT2D eigenvalue weighted by Crippen LogP contribution is -2.52. The molecule has 2 aromatic rings. The summed E-state index contributed by atoms with van der Waals surface area (Å²) in [6, 6.07) is 6.42. The number of nitrogens with zero attached hydrogens (tertiary/aromatic N) is 3. The molecule has 1 unspecified atom stereocenters. The van der Waals surface area contributed by atoms with Crippen molar-refractivity contribution in [2.24, 2.45) is 0 Å². The first-order valence-electron chi connectivity index (χ1n) is 11.1. The van der Waals surface area contributed by atoms with Crippen LogP contribution < -0.4 is 10.2 Å². The lowest BCUT2D eigenvalue weighted by Gasteiger charge is -2.36. The molecule has 9 nitrogen and oxygen atoms in total. The van der Waals surface area contributed by atoms with E-state index in [1.807, 2.05) is 0 Å². The fourth-order valence-electron chi connectivity index (χ4n) is 4.84. The SMILES string of the molecule is O=C1CCC(N2Cc3c(cc(F)cc3N3CCN(S(=O)(=O)c4cccc(F)c4)CC3)C2=O)C(=O)N1. The number of piperidine rings is 1. The molecule has 3 aliphatic heterocycles. The van der Waals surface area contributed by atoms with Crippen LogP contribution in [0.2, 0.25) is 0 Å². The van der Waals surface area contributed by atoms with Gasteiger partial charge in [0.15, 0.2) is 0 Å². The Morgan fingerprint density at radius 3 is 2.37 bits per heavy atom. The van der Waals surface area contributed by atoms with Gasteiger partial charge in [0, 0.05) is 56.0 Å². The van der Waals surface area contributed by atoms with Crippen LogP contribution in [0.5, 0.6) is 0 Å². The minimum atomic E-state index is -3.89. The molecule has 0 aliphatic carbocycles. The maximum atomic E-state index is 14.5. The topological polar surface area (TPSA) is 107 Å². The fraction of sp³-hybridized carbons (Fsp3) is 0.348. The molecule has 0 radical (unpaired) electrons. The molecule has 12 heteroatoms. The Morgan fingerprint density at radius 2 is 1.69 bits per heavy atom. The van der Waals surface area contributed by atoms with Crippen molar-refractivity contribution in [2.75, 3.05) is 31.1 Å². The Balaban J connectivity index is 1.36. The number of imide groups is 1. The fourth-order valence-corrected chi connectivity index (χ4v) is 6.29. The Hall–Kier alpha value is -3.38. The molecular formula is C23H22F2N4O5S. The van der Waals surface area contributed by atoms with E-state index in [4.69, 9.17) is 0 Å². The summed E-state index contributed by atoms with van der Waals surface area (Å²) >= 11 is 0. The highest BCUT2D eigenvalue weighted by Gasteiger charge is 2.41. The molecule has 5 rings (SSSR count). The second-order valence-electron chi connectivity index (χ2n) is 8.70. The van der Waals surface area contributed by atoms with E-state index in [1.165, 1.54) is 33.5 Å². The Bertz CT molecular complexity index is 1340. The van der Waals surface area contributed by atoms with Gasteiger partial charge in [0.05, 0.1) is 4.90 Å². The van der Waals surface area contributed by atoms with Crippen LogP contribution in [-0.4, -0.2) is 67.6 Å². The van der Waals surface area contributed by atoms with Gasteiger partial charge in [0.2, 0.25) is 21.8 Å². The van der Waals surface area contributed by atoms with Crippen LogP contribution in [0, 0.1) is 11.6 Å². The zero-order valence-corrected chi connectivity index (χ0v) is 19.4. The standard InChI is InChI=1S/C23H22F2N4O5S/c24-14-2-1-3-16(10-14)35(33,34)28-8-6-27(7-9-28)20-12-15(25)11-17-18(20)13-29(23(17)32)19-4-5-21(30)26-22(19)31/h1-3,10-12,19H,4-9,13H2,(H,26,30,31). The summed E-state index contributed by atoms with van der Waals surface area (Å²) in [5.74, 6) is -2.70. The van der Waals surface area contributed by atoms with Crippen molar-refractivity contribution in [1.29, 1.82) is 0 Å². The molecule has 0 saturated carbocycles. The number of benzene rings is 2. The van der Waals surface area contributed by atoms with Crippen LogP contribution in [0.4, 0.5) is 14.5 Å². The van der Waals surface area contributed by atoms with Crippen molar-refractivity contribution in [2.45, 2.75) is 30.3 Å². The van der Waals surface area contributed by atoms with Crippen molar-refractivity contribution >= 4 is 33.4 Å². The third-order valence-electron chi connectivity index (χ3n) is 6.61. The van der Waals surface area contributed by atoms with Crippen molar-refractivity contribution in [3.05, 3.63) is 59.2 Å². The van der Waals surface area contributed by atoms with Crippen LogP contribution in [0.1, 0.15) is 28.8 Å². The van der Waals surface area contributed by atoms with Gasteiger partial charge in [0.25, 0.3) is 5.91 Å². The monoisotopic (exact) mass is 504 g/mol. The molecule has 3 aliphatic rings. The molecule has 0 aromatic heterocycles. The van der Waals surface area contributed by atoms with E-state index in [-0.39, 0.29) is 56.0 Å². The zero-order valence-electron chi connectivity index (χ0n) is 18.5. The van der Waals surface area contributed by atoms with E-state index in [2.05, 4.69) is 5.32 Å². The van der Waals surface area contributed by atoms with Crippen LogP contribution in [-0.2, 0) is 26.2 Å². The molecule has 1 N–H and O–H groups in total. The van der Waals surface area contributed by atoms with Gasteiger partial charge in [-0.3, -0.25) is 19.7 Å². The predicted molar refractivity (Wildman–Crippen MR) is 120 cm³/mol. The highest BCUT2D eigenvalue weighted by atomic mass is 32.2. The molecular weight excluding hydrogens is 482 g/mol. The van der Waals surface area contributed by atoms with Crippen LogP contribution >= 0.6 is 0 Å². The molecule has 184 valence electrons. The first-order chi connectivity index (χ1) is 16.6. The van der Waals surface area contributed by atoms with Crippen LogP contribution in [0.3, 0.4) is 0 Å². The molecule has 3 heterocycles. The van der Waals surface area contributed by atoms with Crippen molar-refractivity contribution in [3.8, 4) is 0 Å². The number of hydrogen-bond acceptors (Lipinski definition) is 6. The maximum absolute atomic E-state index is 14.5. The first-order valence-corrected chi connectivity index (χ1v) is 12.6. The highest BCUT2D eigenvalue weighted by Crippen LogP contribution is 2.36. The van der Waals surface area contributed by atoms with Gasteiger partial charge in [-0.25, -0.2) is 17.2 Å². The number of rotatable bonds is 4. The van der Waals surface area contributed by atoms with Gasteiger partial charge < -0.3 is 9.80 Å². The second kappa shape index (κ2) is 8.68. The third kappa shape index (κ3) is 4.16. The molecule has 2 saturated heterocycles. The molecule has 3 amide bonds. The summed E-state index contributed by atoms with van der Waals surface area (Å²) < 4.78 is 55.1. The number of amides is 3. The van der Waals surface area contributed by atoms with Gasteiger partial charge >= 0.3 is 0 Å². The average molecular weight is 505 g/mol. The summed E-state index contributed by atoms with van der Waals surface area (Å²) in [5.41, 5.74) is 1.17. The van der Waals surface area contributed by atoms with Gasteiger partial charge in [0.1, 0.15) is 17.7 Å².